The Bertz CT molecular complexity index is 1020. The van der Waals surface area contributed by atoms with E-state index in [2.05, 4.69) is 10.1 Å². The first-order valence-electron chi connectivity index (χ1n) is 7.45. The number of aromatic nitrogens is 2. The number of nitriles is 1. The van der Waals surface area contributed by atoms with Crippen molar-refractivity contribution in [3.63, 3.8) is 0 Å². The van der Waals surface area contributed by atoms with Crippen LogP contribution in [0.15, 0.2) is 40.2 Å². The molecule has 9 heteroatoms. The molecule has 0 saturated heterocycles. The number of anilines is 1. The van der Waals surface area contributed by atoms with E-state index >= 15 is 0 Å². The lowest BCUT2D eigenvalue weighted by Crippen LogP contribution is -2.11. The third kappa shape index (κ3) is 3.45. The Morgan fingerprint density at radius 2 is 2.23 bits per heavy atom. The van der Waals surface area contributed by atoms with E-state index < -0.39 is 4.92 Å². The molecule has 0 spiro atoms. The third-order valence-corrected chi connectivity index (χ3v) is 4.37. The first-order chi connectivity index (χ1) is 12.5. The molecule has 26 heavy (non-hydrogen) atoms. The fourth-order valence-electron chi connectivity index (χ4n) is 2.30. The highest BCUT2D eigenvalue weighted by Gasteiger charge is 2.17. The lowest BCUT2D eigenvalue weighted by atomic mass is 10.1. The molecule has 3 aromatic rings. The lowest BCUT2D eigenvalue weighted by molar-refractivity contribution is -0.384. The molecule has 1 aromatic carbocycles. The van der Waals surface area contributed by atoms with Gasteiger partial charge < -0.3 is 9.42 Å². The van der Waals surface area contributed by atoms with Crippen LogP contribution in [0, 0.1) is 21.4 Å². The zero-order valence-corrected chi connectivity index (χ0v) is 14.7. The Balaban J connectivity index is 1.99. The molecule has 0 saturated carbocycles. The predicted octanol–water partition coefficient (Wildman–Crippen LogP) is 3.84. The van der Waals surface area contributed by atoms with Crippen molar-refractivity contribution in [3.8, 4) is 16.8 Å². The Labute approximate surface area is 152 Å². The maximum absolute atomic E-state index is 11.3. The Hall–Kier alpha value is -3.51. The monoisotopic (exact) mass is 367 g/mol. The van der Waals surface area contributed by atoms with Crippen LogP contribution in [-0.4, -0.2) is 29.2 Å². The predicted molar refractivity (Wildman–Crippen MR) is 98.5 cm³/mol. The molecule has 0 aliphatic rings. The second-order valence-electron chi connectivity index (χ2n) is 5.47. The van der Waals surface area contributed by atoms with Gasteiger partial charge in [0.15, 0.2) is 0 Å². The van der Waals surface area contributed by atoms with Crippen molar-refractivity contribution in [1.82, 2.24) is 10.1 Å². The summed E-state index contributed by atoms with van der Waals surface area (Å²) in [5.41, 5.74) is 1.05. The van der Waals surface area contributed by atoms with Crippen LogP contribution in [0.3, 0.4) is 0 Å². The number of thiophene rings is 1. The molecule has 2 heterocycles. The fourth-order valence-corrected chi connectivity index (χ4v) is 2.95. The number of allylic oxidation sites excluding steroid dienone is 1. The summed E-state index contributed by atoms with van der Waals surface area (Å²) in [6.45, 7) is 0. The van der Waals surface area contributed by atoms with Gasteiger partial charge >= 0.3 is 0 Å². The molecule has 0 radical (unpaired) electrons. The van der Waals surface area contributed by atoms with Crippen LogP contribution in [0.2, 0.25) is 0 Å². The largest absolute Gasteiger partial charge is 0.372 e. The van der Waals surface area contributed by atoms with Crippen molar-refractivity contribution < 1.29 is 9.45 Å². The number of benzene rings is 1. The number of nitrogens with zero attached hydrogens (tertiary/aromatic N) is 5. The highest BCUT2D eigenvalue weighted by atomic mass is 32.1. The van der Waals surface area contributed by atoms with E-state index in [0.717, 1.165) is 4.88 Å². The van der Waals surface area contributed by atoms with Gasteiger partial charge in [0, 0.05) is 20.2 Å². The molecule has 0 amide bonds. The molecule has 0 bridgehead atoms. The first-order valence-corrected chi connectivity index (χ1v) is 8.33. The number of nitro benzene ring substituents is 1. The molecular formula is C17H13N5O3S. The van der Waals surface area contributed by atoms with Gasteiger partial charge in [0.05, 0.1) is 9.80 Å². The van der Waals surface area contributed by atoms with Crippen molar-refractivity contribution in [3.05, 3.63) is 57.3 Å². The highest BCUT2D eigenvalue weighted by Crippen LogP contribution is 2.30. The van der Waals surface area contributed by atoms with E-state index in [1.807, 2.05) is 23.6 Å². The van der Waals surface area contributed by atoms with E-state index in [4.69, 9.17) is 4.52 Å². The van der Waals surface area contributed by atoms with E-state index in [-0.39, 0.29) is 17.2 Å². The van der Waals surface area contributed by atoms with Crippen LogP contribution in [0.1, 0.15) is 11.5 Å². The van der Waals surface area contributed by atoms with Gasteiger partial charge in [-0.2, -0.15) is 10.2 Å². The molecule has 0 aliphatic heterocycles. The maximum Gasteiger partial charge on any atom is 0.293 e. The van der Waals surface area contributed by atoms with Gasteiger partial charge in [0.2, 0.25) is 5.82 Å². The molecule has 3 rings (SSSR count). The van der Waals surface area contributed by atoms with Crippen molar-refractivity contribution in [1.29, 1.82) is 5.26 Å². The maximum atomic E-state index is 11.3. The van der Waals surface area contributed by atoms with Gasteiger partial charge in [-0.05, 0) is 29.2 Å². The van der Waals surface area contributed by atoms with Gasteiger partial charge in [0.1, 0.15) is 17.3 Å². The van der Waals surface area contributed by atoms with Gasteiger partial charge in [-0.1, -0.05) is 17.3 Å². The van der Waals surface area contributed by atoms with Crippen LogP contribution in [0.4, 0.5) is 11.4 Å². The minimum absolute atomic E-state index is 0.0501. The Morgan fingerprint density at radius 3 is 2.85 bits per heavy atom. The van der Waals surface area contributed by atoms with E-state index in [1.165, 1.54) is 23.5 Å². The molecular weight excluding hydrogens is 354 g/mol. The second kappa shape index (κ2) is 7.16. The Kier molecular flexibility index (Phi) is 4.77. The summed E-state index contributed by atoms with van der Waals surface area (Å²) < 4.78 is 5.17. The van der Waals surface area contributed by atoms with E-state index in [9.17, 15) is 15.4 Å². The minimum Gasteiger partial charge on any atom is -0.372 e. The van der Waals surface area contributed by atoms with E-state index in [0.29, 0.717) is 17.1 Å². The van der Waals surface area contributed by atoms with Gasteiger partial charge in [-0.25, -0.2) is 0 Å². The smallest absolute Gasteiger partial charge is 0.293 e. The Morgan fingerprint density at radius 1 is 1.42 bits per heavy atom. The number of hydrogen-bond acceptors (Lipinski definition) is 8. The summed E-state index contributed by atoms with van der Waals surface area (Å²) in [5, 5.41) is 26.5. The zero-order valence-electron chi connectivity index (χ0n) is 13.9. The van der Waals surface area contributed by atoms with Gasteiger partial charge in [-0.15, -0.1) is 11.3 Å². The fraction of sp³-hybridized carbons (Fsp3) is 0.118. The van der Waals surface area contributed by atoms with Gasteiger partial charge in [-0.3, -0.25) is 10.1 Å². The van der Waals surface area contributed by atoms with Crippen LogP contribution >= 0.6 is 11.3 Å². The molecule has 0 N–H and O–H groups in total. The standard InChI is InChI=1S/C17H13N5O3S/c1-21(2)13-6-5-11(9-14(13)22(23)24)8-12(10-18)17-19-16(20-25-17)15-4-3-7-26-15/h3-9H,1-2H3/b12-8+. The summed E-state index contributed by atoms with van der Waals surface area (Å²) in [7, 11) is 3.45. The summed E-state index contributed by atoms with van der Waals surface area (Å²) in [6, 6.07) is 10.4. The number of rotatable bonds is 5. The zero-order chi connectivity index (χ0) is 18.7. The number of nitro groups is 1. The molecule has 130 valence electrons. The SMILES string of the molecule is CN(C)c1ccc(/C=C(\C#N)c2nc(-c3cccs3)no2)cc1[N+](=O)[O-]. The summed E-state index contributed by atoms with van der Waals surface area (Å²) in [6.07, 6.45) is 1.48. The minimum atomic E-state index is -0.458. The summed E-state index contributed by atoms with van der Waals surface area (Å²) in [4.78, 5) is 17.5. The van der Waals surface area contributed by atoms with Crippen molar-refractivity contribution >= 4 is 34.4 Å². The average Bonchev–Trinajstić information content (AvgIpc) is 3.30. The van der Waals surface area contributed by atoms with Gasteiger partial charge in [0.25, 0.3) is 11.6 Å². The molecule has 0 aliphatic carbocycles. The first kappa shape index (κ1) is 17.3. The summed E-state index contributed by atoms with van der Waals surface area (Å²) in [5.74, 6) is 0.459. The van der Waals surface area contributed by atoms with Crippen LogP contribution in [0.25, 0.3) is 22.4 Å². The molecule has 0 unspecified atom stereocenters. The van der Waals surface area contributed by atoms with E-state index in [1.54, 1.807) is 31.1 Å². The third-order valence-electron chi connectivity index (χ3n) is 3.51. The topological polar surface area (TPSA) is 109 Å². The summed E-state index contributed by atoms with van der Waals surface area (Å²) >= 11 is 1.46. The van der Waals surface area contributed by atoms with Crippen LogP contribution in [0.5, 0.6) is 0 Å². The molecule has 0 fully saturated rings. The van der Waals surface area contributed by atoms with Crippen LogP contribution < -0.4 is 4.90 Å². The molecule has 2 aromatic heterocycles. The lowest BCUT2D eigenvalue weighted by Gasteiger charge is -2.12. The molecule has 0 atom stereocenters. The normalized spacial score (nSPS) is 11.2. The van der Waals surface area contributed by atoms with Crippen molar-refractivity contribution in [2.45, 2.75) is 0 Å². The molecule has 8 nitrogen and oxygen atoms in total. The average molecular weight is 367 g/mol. The quantitative estimate of drug-likeness (QED) is 0.383. The van der Waals surface area contributed by atoms with Crippen molar-refractivity contribution in [2.24, 2.45) is 0 Å². The highest BCUT2D eigenvalue weighted by molar-refractivity contribution is 7.13. The van der Waals surface area contributed by atoms with Crippen LogP contribution in [-0.2, 0) is 0 Å². The van der Waals surface area contributed by atoms with Crippen molar-refractivity contribution in [2.75, 3.05) is 19.0 Å². The second-order valence-corrected chi connectivity index (χ2v) is 6.42. The number of hydrogen-bond donors (Lipinski definition) is 0.